The SMILES string of the molecule is C[C@H](NS(=O)(=O)Cc1ccc(Cl)cc1)C(=O)N1CCCCC1. The van der Waals surface area contributed by atoms with Crippen LogP contribution in [0.25, 0.3) is 0 Å². The summed E-state index contributed by atoms with van der Waals surface area (Å²) >= 11 is 5.78. The molecule has 1 N–H and O–H groups in total. The van der Waals surface area contributed by atoms with Crippen molar-refractivity contribution in [1.29, 1.82) is 0 Å². The van der Waals surface area contributed by atoms with Crippen LogP contribution >= 0.6 is 11.6 Å². The number of halogens is 1. The second-order valence-corrected chi connectivity index (χ2v) is 7.80. The number of carbonyl (C=O) groups excluding carboxylic acids is 1. The van der Waals surface area contributed by atoms with Crippen LogP contribution in [0.1, 0.15) is 31.7 Å². The molecule has 0 aromatic heterocycles. The van der Waals surface area contributed by atoms with Gasteiger partial charge in [0.1, 0.15) is 0 Å². The lowest BCUT2D eigenvalue weighted by molar-refractivity contribution is -0.133. The molecule has 1 heterocycles. The third kappa shape index (κ3) is 4.97. The van der Waals surface area contributed by atoms with Gasteiger partial charge < -0.3 is 4.90 Å². The minimum absolute atomic E-state index is 0.153. The number of hydrogen-bond donors (Lipinski definition) is 1. The Kier molecular flexibility index (Phi) is 5.83. The molecule has 22 heavy (non-hydrogen) atoms. The normalized spacial score (nSPS) is 17.3. The van der Waals surface area contributed by atoms with E-state index in [1.54, 1.807) is 36.1 Å². The topological polar surface area (TPSA) is 66.5 Å². The smallest absolute Gasteiger partial charge is 0.240 e. The van der Waals surface area contributed by atoms with Gasteiger partial charge in [-0.05, 0) is 43.9 Å². The molecule has 0 radical (unpaired) electrons. The standard InChI is InChI=1S/C15H21ClN2O3S/c1-12(15(19)18-9-3-2-4-10-18)17-22(20,21)11-13-5-7-14(16)8-6-13/h5-8,12,17H,2-4,9-11H2,1H3/t12-/m0/s1. The zero-order chi connectivity index (χ0) is 16.2. The van der Waals surface area contributed by atoms with Crippen LogP contribution in [0.4, 0.5) is 0 Å². The third-order valence-electron chi connectivity index (χ3n) is 3.66. The maximum absolute atomic E-state index is 12.3. The highest BCUT2D eigenvalue weighted by atomic mass is 35.5. The van der Waals surface area contributed by atoms with Crippen molar-refractivity contribution in [3.8, 4) is 0 Å². The molecule has 122 valence electrons. The number of carbonyl (C=O) groups is 1. The molecule has 1 atom stereocenters. The zero-order valence-corrected chi connectivity index (χ0v) is 14.2. The summed E-state index contributed by atoms with van der Waals surface area (Å²) in [5, 5.41) is 0.558. The molecular weight excluding hydrogens is 324 g/mol. The Balaban J connectivity index is 1.95. The summed E-state index contributed by atoms with van der Waals surface area (Å²) in [6, 6.07) is 5.89. The second-order valence-electron chi connectivity index (χ2n) is 5.61. The molecule has 1 aromatic carbocycles. The van der Waals surface area contributed by atoms with Gasteiger partial charge >= 0.3 is 0 Å². The van der Waals surface area contributed by atoms with E-state index in [1.165, 1.54) is 0 Å². The van der Waals surface area contributed by atoms with Gasteiger partial charge in [0.05, 0.1) is 11.8 Å². The van der Waals surface area contributed by atoms with Crippen molar-refractivity contribution < 1.29 is 13.2 Å². The molecule has 0 bridgehead atoms. The second kappa shape index (κ2) is 7.44. The Morgan fingerprint density at radius 3 is 2.41 bits per heavy atom. The van der Waals surface area contributed by atoms with Gasteiger partial charge in [0.15, 0.2) is 0 Å². The number of nitrogens with one attached hydrogen (secondary N) is 1. The number of likely N-dealkylation sites (tertiary alicyclic amines) is 1. The van der Waals surface area contributed by atoms with Crippen molar-refractivity contribution in [2.45, 2.75) is 38.0 Å². The van der Waals surface area contributed by atoms with Crippen LogP contribution in [0.3, 0.4) is 0 Å². The third-order valence-corrected chi connectivity index (χ3v) is 5.34. The lowest BCUT2D eigenvalue weighted by Gasteiger charge is -2.29. The van der Waals surface area contributed by atoms with Crippen molar-refractivity contribution in [2.75, 3.05) is 13.1 Å². The van der Waals surface area contributed by atoms with Gasteiger partial charge in [-0.15, -0.1) is 0 Å². The zero-order valence-electron chi connectivity index (χ0n) is 12.6. The van der Waals surface area contributed by atoms with E-state index in [0.29, 0.717) is 23.7 Å². The maximum Gasteiger partial charge on any atom is 0.240 e. The first-order chi connectivity index (χ1) is 10.4. The lowest BCUT2D eigenvalue weighted by Crippen LogP contribution is -2.48. The van der Waals surface area contributed by atoms with Crippen molar-refractivity contribution in [1.82, 2.24) is 9.62 Å². The molecule has 1 aromatic rings. The van der Waals surface area contributed by atoms with Crippen LogP contribution in [0, 0.1) is 0 Å². The summed E-state index contributed by atoms with van der Waals surface area (Å²) in [5.41, 5.74) is 0.634. The summed E-state index contributed by atoms with van der Waals surface area (Å²) in [6.07, 6.45) is 3.09. The van der Waals surface area contributed by atoms with E-state index in [2.05, 4.69) is 4.72 Å². The highest BCUT2D eigenvalue weighted by Crippen LogP contribution is 2.13. The van der Waals surface area contributed by atoms with Gasteiger partial charge in [-0.3, -0.25) is 4.79 Å². The number of amides is 1. The lowest BCUT2D eigenvalue weighted by atomic mass is 10.1. The Bertz CT molecular complexity index is 610. The summed E-state index contributed by atoms with van der Waals surface area (Å²) < 4.78 is 26.8. The van der Waals surface area contributed by atoms with Gasteiger partial charge in [-0.1, -0.05) is 23.7 Å². The number of sulfonamides is 1. The molecule has 1 fully saturated rings. The predicted octanol–water partition coefficient (Wildman–Crippen LogP) is 2.16. The molecule has 1 amide bonds. The van der Waals surface area contributed by atoms with E-state index in [4.69, 9.17) is 11.6 Å². The number of piperidine rings is 1. The molecule has 0 unspecified atom stereocenters. The number of benzene rings is 1. The van der Waals surface area contributed by atoms with Gasteiger partial charge in [0.25, 0.3) is 0 Å². The first kappa shape index (κ1) is 17.2. The van der Waals surface area contributed by atoms with E-state index in [1.807, 2.05) is 0 Å². The van der Waals surface area contributed by atoms with E-state index in [9.17, 15) is 13.2 Å². The summed E-state index contributed by atoms with van der Waals surface area (Å²) in [7, 11) is -3.57. The van der Waals surface area contributed by atoms with Gasteiger partial charge in [0, 0.05) is 18.1 Å². The highest BCUT2D eigenvalue weighted by molar-refractivity contribution is 7.88. The molecule has 5 nitrogen and oxygen atoms in total. The van der Waals surface area contributed by atoms with Crippen LogP contribution in [0.2, 0.25) is 5.02 Å². The van der Waals surface area contributed by atoms with Gasteiger partial charge in [0.2, 0.25) is 15.9 Å². The van der Waals surface area contributed by atoms with Gasteiger partial charge in [-0.25, -0.2) is 13.1 Å². The molecule has 7 heteroatoms. The molecule has 0 saturated carbocycles. The quantitative estimate of drug-likeness (QED) is 0.890. The largest absolute Gasteiger partial charge is 0.341 e. The Hall–Kier alpha value is -1.11. The Labute approximate surface area is 136 Å². The van der Waals surface area contributed by atoms with Crippen molar-refractivity contribution in [3.05, 3.63) is 34.9 Å². The van der Waals surface area contributed by atoms with E-state index in [-0.39, 0.29) is 11.7 Å². The fraction of sp³-hybridized carbons (Fsp3) is 0.533. The summed E-state index contributed by atoms with van der Waals surface area (Å²) in [6.45, 7) is 3.01. The average Bonchev–Trinajstić information content (AvgIpc) is 2.49. The first-order valence-corrected chi connectivity index (χ1v) is 9.44. The minimum Gasteiger partial charge on any atom is -0.341 e. The Morgan fingerprint density at radius 2 is 1.82 bits per heavy atom. The van der Waals surface area contributed by atoms with Crippen LogP contribution in [-0.4, -0.2) is 38.4 Å². The fourth-order valence-electron chi connectivity index (χ4n) is 2.55. The number of nitrogens with zero attached hydrogens (tertiary/aromatic N) is 1. The van der Waals surface area contributed by atoms with E-state index in [0.717, 1.165) is 19.3 Å². The van der Waals surface area contributed by atoms with E-state index < -0.39 is 16.1 Å². The van der Waals surface area contributed by atoms with E-state index >= 15 is 0 Å². The van der Waals surface area contributed by atoms with Gasteiger partial charge in [-0.2, -0.15) is 0 Å². The molecule has 2 rings (SSSR count). The fourth-order valence-corrected chi connectivity index (χ4v) is 4.03. The van der Waals surface area contributed by atoms with Crippen LogP contribution in [0.15, 0.2) is 24.3 Å². The Morgan fingerprint density at radius 1 is 1.23 bits per heavy atom. The molecule has 1 aliphatic rings. The molecule has 0 spiro atoms. The molecule has 1 aliphatic heterocycles. The monoisotopic (exact) mass is 344 g/mol. The van der Waals surface area contributed by atoms with Crippen LogP contribution in [0.5, 0.6) is 0 Å². The highest BCUT2D eigenvalue weighted by Gasteiger charge is 2.25. The summed E-state index contributed by atoms with van der Waals surface area (Å²) in [4.78, 5) is 14.0. The molecule has 0 aliphatic carbocycles. The number of rotatable bonds is 5. The minimum atomic E-state index is -3.57. The van der Waals surface area contributed by atoms with Crippen molar-refractivity contribution >= 4 is 27.5 Å². The average molecular weight is 345 g/mol. The molecular formula is C15H21ClN2O3S. The van der Waals surface area contributed by atoms with Crippen LogP contribution < -0.4 is 4.72 Å². The number of hydrogen-bond acceptors (Lipinski definition) is 3. The summed E-state index contributed by atoms with van der Waals surface area (Å²) in [5.74, 6) is -0.318. The van der Waals surface area contributed by atoms with Crippen molar-refractivity contribution in [3.63, 3.8) is 0 Å². The predicted molar refractivity (Wildman–Crippen MR) is 87.1 cm³/mol. The maximum atomic E-state index is 12.3. The first-order valence-electron chi connectivity index (χ1n) is 7.40. The molecule has 1 saturated heterocycles. The van der Waals surface area contributed by atoms with Crippen molar-refractivity contribution in [2.24, 2.45) is 0 Å². The van der Waals surface area contributed by atoms with Crippen LogP contribution in [-0.2, 0) is 20.6 Å².